The van der Waals surface area contributed by atoms with Crippen LogP contribution in [0.15, 0.2) is 42.7 Å². The molecule has 5 rings (SSSR count). The van der Waals surface area contributed by atoms with Gasteiger partial charge in [-0.2, -0.15) is 0 Å². The van der Waals surface area contributed by atoms with Gasteiger partial charge in [-0.1, -0.05) is 12.1 Å². The first kappa shape index (κ1) is 21.0. The predicted octanol–water partition coefficient (Wildman–Crippen LogP) is 3.32. The van der Waals surface area contributed by atoms with E-state index < -0.39 is 0 Å². The Bertz CT molecular complexity index is 1090. The number of nitrogens with zero attached hydrogens (tertiary/aromatic N) is 2. The Morgan fingerprint density at radius 1 is 1.16 bits per heavy atom. The van der Waals surface area contributed by atoms with Crippen LogP contribution in [0.1, 0.15) is 36.3 Å². The van der Waals surface area contributed by atoms with E-state index in [0.717, 1.165) is 67.0 Å². The molecule has 7 nitrogen and oxygen atoms in total. The van der Waals surface area contributed by atoms with Crippen LogP contribution in [0.25, 0.3) is 11.0 Å². The fourth-order valence-electron chi connectivity index (χ4n) is 4.96. The molecule has 2 atom stereocenters. The number of aryl methyl sites for hydroxylation is 1. The van der Waals surface area contributed by atoms with Crippen LogP contribution >= 0.6 is 0 Å². The van der Waals surface area contributed by atoms with Gasteiger partial charge in [-0.3, -0.25) is 4.79 Å². The molecule has 2 aliphatic rings. The van der Waals surface area contributed by atoms with Crippen molar-refractivity contribution in [3.63, 3.8) is 0 Å². The number of hydrogen-bond acceptors (Lipinski definition) is 5. The molecule has 168 valence electrons. The van der Waals surface area contributed by atoms with Crippen LogP contribution in [0.2, 0.25) is 0 Å². The number of aromatic amines is 1. The molecule has 0 aliphatic carbocycles. The van der Waals surface area contributed by atoms with E-state index in [1.807, 2.05) is 31.3 Å². The maximum atomic E-state index is 13.0. The van der Waals surface area contributed by atoms with Crippen molar-refractivity contribution in [3.8, 4) is 11.5 Å². The number of piperidine rings is 1. The summed E-state index contributed by atoms with van der Waals surface area (Å²) in [6.07, 6.45) is 6.69. The second-order valence-electron chi connectivity index (χ2n) is 9.09. The van der Waals surface area contributed by atoms with Crippen molar-refractivity contribution in [1.82, 2.24) is 25.5 Å². The van der Waals surface area contributed by atoms with Gasteiger partial charge in [0.05, 0.1) is 11.4 Å². The molecule has 0 radical (unpaired) electrons. The lowest BCUT2D eigenvalue weighted by Gasteiger charge is -2.31. The quantitative estimate of drug-likeness (QED) is 0.575. The molecule has 32 heavy (non-hydrogen) atoms. The van der Waals surface area contributed by atoms with E-state index >= 15 is 0 Å². The van der Waals surface area contributed by atoms with Crippen molar-refractivity contribution in [2.45, 2.75) is 44.2 Å². The molecule has 4 heterocycles. The molecule has 2 saturated heterocycles. The molecule has 1 aromatic carbocycles. The molecule has 7 heteroatoms. The number of fused-ring (bicyclic) bond motifs is 1. The van der Waals surface area contributed by atoms with Gasteiger partial charge in [-0.15, -0.1) is 0 Å². The Hall–Kier alpha value is -2.90. The highest BCUT2D eigenvalue weighted by atomic mass is 16.5. The second kappa shape index (κ2) is 8.92. The Morgan fingerprint density at radius 2 is 1.94 bits per heavy atom. The van der Waals surface area contributed by atoms with Crippen LogP contribution in [0.4, 0.5) is 0 Å². The Balaban J connectivity index is 1.26. The Kier molecular flexibility index (Phi) is 5.85. The third kappa shape index (κ3) is 4.23. The number of likely N-dealkylation sites (tertiary alicyclic amines) is 1. The van der Waals surface area contributed by atoms with Crippen LogP contribution in [0.5, 0.6) is 11.5 Å². The van der Waals surface area contributed by atoms with Gasteiger partial charge in [-0.25, -0.2) is 4.98 Å². The molecule has 1 amide bonds. The van der Waals surface area contributed by atoms with Crippen LogP contribution in [-0.2, 0) is 4.79 Å². The number of hydrogen-bond donors (Lipinski definition) is 3. The maximum Gasteiger partial charge on any atom is 0.237 e. The van der Waals surface area contributed by atoms with Gasteiger partial charge < -0.3 is 25.3 Å². The summed E-state index contributed by atoms with van der Waals surface area (Å²) in [6, 6.07) is 10.2. The second-order valence-corrected chi connectivity index (χ2v) is 9.09. The first-order valence-electron chi connectivity index (χ1n) is 11.5. The largest absolute Gasteiger partial charge is 0.457 e. The van der Waals surface area contributed by atoms with Gasteiger partial charge in [0.25, 0.3) is 0 Å². The zero-order valence-electron chi connectivity index (χ0n) is 18.7. The molecule has 0 spiro atoms. The van der Waals surface area contributed by atoms with Crippen LogP contribution in [-0.4, -0.2) is 59.5 Å². The van der Waals surface area contributed by atoms with Crippen molar-refractivity contribution in [2.75, 3.05) is 26.7 Å². The van der Waals surface area contributed by atoms with Crippen molar-refractivity contribution in [3.05, 3.63) is 53.9 Å². The number of rotatable bonds is 5. The highest BCUT2D eigenvalue weighted by molar-refractivity contribution is 5.86. The van der Waals surface area contributed by atoms with Crippen molar-refractivity contribution < 1.29 is 9.53 Å². The van der Waals surface area contributed by atoms with Crippen LogP contribution in [0.3, 0.4) is 0 Å². The van der Waals surface area contributed by atoms with Crippen molar-refractivity contribution in [1.29, 1.82) is 0 Å². The van der Waals surface area contributed by atoms with Crippen molar-refractivity contribution in [2.24, 2.45) is 0 Å². The molecule has 0 bridgehead atoms. The van der Waals surface area contributed by atoms with E-state index in [-0.39, 0.29) is 23.9 Å². The average Bonchev–Trinajstić information content (AvgIpc) is 3.44. The van der Waals surface area contributed by atoms with Crippen molar-refractivity contribution >= 4 is 16.9 Å². The zero-order valence-corrected chi connectivity index (χ0v) is 18.7. The van der Waals surface area contributed by atoms with Gasteiger partial charge in [-0.05, 0) is 82.2 Å². The molecule has 2 aliphatic heterocycles. The number of ether oxygens (including phenoxy) is 1. The number of aromatic nitrogens is 2. The topological polar surface area (TPSA) is 82.3 Å². The third-order valence-electron chi connectivity index (χ3n) is 6.84. The molecule has 3 aromatic rings. The number of carbonyl (C=O) groups is 1. The van der Waals surface area contributed by atoms with E-state index in [2.05, 4.69) is 44.7 Å². The summed E-state index contributed by atoms with van der Waals surface area (Å²) >= 11 is 0. The van der Waals surface area contributed by atoms with Crippen LogP contribution in [0, 0.1) is 6.92 Å². The van der Waals surface area contributed by atoms with Gasteiger partial charge in [0.15, 0.2) is 0 Å². The van der Waals surface area contributed by atoms with E-state index in [1.54, 1.807) is 6.20 Å². The molecular weight excluding hydrogens is 402 g/mol. The summed E-state index contributed by atoms with van der Waals surface area (Å²) in [5, 5.41) is 7.70. The lowest BCUT2D eigenvalue weighted by atomic mass is 9.91. The fraction of sp³-hybridized carbons (Fsp3) is 0.440. The number of pyridine rings is 1. The third-order valence-corrected chi connectivity index (χ3v) is 6.84. The number of nitrogens with one attached hydrogen (secondary N) is 3. The molecule has 2 aromatic heterocycles. The monoisotopic (exact) mass is 433 g/mol. The molecule has 0 saturated carbocycles. The number of H-pyrrole nitrogens is 1. The summed E-state index contributed by atoms with van der Waals surface area (Å²) in [6.45, 7) is 4.98. The SMILES string of the molecule is Cc1c[nH]c2nccc(Oc3ccc(C4CCN[C@@H]4C(=O)NC4CCN(C)CC4)cc3)c12. The number of amides is 1. The summed E-state index contributed by atoms with van der Waals surface area (Å²) < 4.78 is 6.17. The van der Waals surface area contributed by atoms with Gasteiger partial charge in [0, 0.05) is 24.4 Å². The highest BCUT2D eigenvalue weighted by Gasteiger charge is 2.35. The number of benzene rings is 1. The Morgan fingerprint density at radius 3 is 2.72 bits per heavy atom. The summed E-state index contributed by atoms with van der Waals surface area (Å²) in [5.74, 6) is 1.87. The lowest BCUT2D eigenvalue weighted by Crippen LogP contribution is -2.50. The summed E-state index contributed by atoms with van der Waals surface area (Å²) in [4.78, 5) is 22.8. The van der Waals surface area contributed by atoms with E-state index in [0.29, 0.717) is 0 Å². The highest BCUT2D eigenvalue weighted by Crippen LogP contribution is 2.33. The maximum absolute atomic E-state index is 13.0. The van der Waals surface area contributed by atoms with Gasteiger partial charge in [0.2, 0.25) is 5.91 Å². The minimum Gasteiger partial charge on any atom is -0.457 e. The zero-order chi connectivity index (χ0) is 22.1. The number of carbonyl (C=O) groups excluding carboxylic acids is 1. The predicted molar refractivity (Wildman–Crippen MR) is 125 cm³/mol. The molecular formula is C25H31N5O2. The van der Waals surface area contributed by atoms with Crippen LogP contribution < -0.4 is 15.4 Å². The minimum absolute atomic E-state index is 0.129. The molecule has 2 fully saturated rings. The first-order valence-corrected chi connectivity index (χ1v) is 11.5. The average molecular weight is 434 g/mol. The van der Waals surface area contributed by atoms with E-state index in [9.17, 15) is 4.79 Å². The normalized spacial score (nSPS) is 22.3. The standard InChI is InChI=1S/C25H31N5O2/c1-16-15-28-24-22(16)21(8-12-27-24)32-19-5-3-17(4-6-19)20-7-11-26-23(20)25(31)29-18-9-13-30(2)14-10-18/h3-6,8,12,15,18,20,23,26H,7,9-11,13-14H2,1-2H3,(H,27,28)(H,29,31)/t20?,23-/m0/s1. The smallest absolute Gasteiger partial charge is 0.237 e. The van der Waals surface area contributed by atoms with Gasteiger partial charge >= 0.3 is 0 Å². The van der Waals surface area contributed by atoms with E-state index in [4.69, 9.17) is 4.74 Å². The molecule has 1 unspecified atom stereocenters. The molecule has 3 N–H and O–H groups in total. The van der Waals surface area contributed by atoms with E-state index in [1.165, 1.54) is 5.56 Å². The van der Waals surface area contributed by atoms with Gasteiger partial charge in [0.1, 0.15) is 17.1 Å². The fourth-order valence-corrected chi connectivity index (χ4v) is 4.96. The lowest BCUT2D eigenvalue weighted by molar-refractivity contribution is -0.124. The first-order chi connectivity index (χ1) is 15.6. The Labute approximate surface area is 188 Å². The summed E-state index contributed by atoms with van der Waals surface area (Å²) in [5.41, 5.74) is 3.10. The summed E-state index contributed by atoms with van der Waals surface area (Å²) in [7, 11) is 2.14. The minimum atomic E-state index is -0.177.